The van der Waals surface area contributed by atoms with Gasteiger partial charge in [-0.3, -0.25) is 4.79 Å². The van der Waals surface area contributed by atoms with Gasteiger partial charge < -0.3 is 19.7 Å². The summed E-state index contributed by atoms with van der Waals surface area (Å²) in [5, 5.41) is 7.57. The molecule has 2 N–H and O–H groups in total. The summed E-state index contributed by atoms with van der Waals surface area (Å²) in [5.41, 5.74) is 3.29. The largest absolute Gasteiger partial charge is 0.484 e. The van der Waals surface area contributed by atoms with Crippen LogP contribution in [0.15, 0.2) is 48.5 Å². The minimum atomic E-state index is 0.0374. The number of aromatic amines is 1. The number of aromatic nitrogens is 2. The molecule has 1 unspecified atom stereocenters. The summed E-state index contributed by atoms with van der Waals surface area (Å²) >= 11 is 0. The fourth-order valence-electron chi connectivity index (χ4n) is 3.65. The fourth-order valence-corrected chi connectivity index (χ4v) is 3.65. The molecule has 1 atom stereocenters. The Hall–Kier alpha value is -2.86. The predicted molar refractivity (Wildman–Crippen MR) is 119 cm³/mol. The summed E-state index contributed by atoms with van der Waals surface area (Å²) in [6, 6.07) is 16.0. The van der Waals surface area contributed by atoms with Crippen molar-refractivity contribution in [2.45, 2.75) is 39.0 Å². The van der Waals surface area contributed by atoms with Gasteiger partial charge in [0.1, 0.15) is 11.6 Å². The summed E-state index contributed by atoms with van der Waals surface area (Å²) in [7, 11) is 0. The Bertz CT molecular complexity index is 903. The minimum absolute atomic E-state index is 0.0374. The molecule has 0 spiro atoms. The lowest BCUT2D eigenvalue weighted by Gasteiger charge is -2.31. The number of benzene rings is 2. The Balaban J connectivity index is 0.000000806. The zero-order chi connectivity index (χ0) is 21.3. The van der Waals surface area contributed by atoms with Crippen LogP contribution < -0.4 is 4.74 Å². The molecule has 1 saturated heterocycles. The number of imidazole rings is 1. The number of nitrogens with one attached hydrogen (secondary N) is 1. The Morgan fingerprint density at radius 2 is 1.93 bits per heavy atom. The molecule has 1 aromatic heterocycles. The van der Waals surface area contributed by atoms with Gasteiger partial charge >= 0.3 is 0 Å². The van der Waals surface area contributed by atoms with E-state index in [0.717, 1.165) is 48.4 Å². The van der Waals surface area contributed by atoms with Crippen LogP contribution in [-0.4, -0.2) is 52.2 Å². The molecule has 2 aromatic carbocycles. The van der Waals surface area contributed by atoms with Crippen LogP contribution in [-0.2, 0) is 11.2 Å². The van der Waals surface area contributed by atoms with Crippen molar-refractivity contribution in [1.29, 1.82) is 0 Å². The second-order valence-corrected chi connectivity index (χ2v) is 7.42. The third-order valence-corrected chi connectivity index (χ3v) is 5.26. The van der Waals surface area contributed by atoms with Gasteiger partial charge in [-0.25, -0.2) is 4.98 Å². The van der Waals surface area contributed by atoms with Crippen LogP contribution in [0.2, 0.25) is 0 Å². The average molecular weight is 410 g/mol. The van der Waals surface area contributed by atoms with Gasteiger partial charge in [-0.15, -0.1) is 0 Å². The molecule has 1 fully saturated rings. The number of amides is 1. The highest BCUT2D eigenvalue weighted by Gasteiger charge is 2.27. The van der Waals surface area contributed by atoms with Crippen molar-refractivity contribution in [3.05, 3.63) is 59.9 Å². The molecule has 4 rings (SSSR count). The molecule has 2 heterocycles. The first kappa shape index (κ1) is 21.8. The van der Waals surface area contributed by atoms with Crippen molar-refractivity contribution >= 4 is 16.9 Å². The fraction of sp³-hybridized carbons (Fsp3) is 0.417. The van der Waals surface area contributed by atoms with E-state index < -0.39 is 0 Å². The third-order valence-electron chi connectivity index (χ3n) is 5.26. The highest BCUT2D eigenvalue weighted by Crippen LogP contribution is 2.27. The number of nitrogens with zero attached hydrogens (tertiary/aromatic N) is 2. The minimum Gasteiger partial charge on any atom is -0.484 e. The van der Waals surface area contributed by atoms with Crippen LogP contribution >= 0.6 is 0 Å². The zero-order valence-corrected chi connectivity index (χ0v) is 17.8. The number of piperidine rings is 1. The molecule has 1 aliphatic rings. The van der Waals surface area contributed by atoms with Crippen LogP contribution in [0, 0.1) is 0 Å². The van der Waals surface area contributed by atoms with Crippen molar-refractivity contribution in [1.82, 2.24) is 14.9 Å². The Labute approximate surface area is 177 Å². The lowest BCUT2D eigenvalue weighted by atomic mass is 9.97. The lowest BCUT2D eigenvalue weighted by Crippen LogP contribution is -2.41. The maximum Gasteiger partial charge on any atom is 0.260 e. The Kier molecular flexibility index (Phi) is 7.85. The van der Waals surface area contributed by atoms with Gasteiger partial charge in [0.25, 0.3) is 5.91 Å². The smallest absolute Gasteiger partial charge is 0.260 e. The molecule has 30 heavy (non-hydrogen) atoms. The molecule has 0 saturated carbocycles. The van der Waals surface area contributed by atoms with Gasteiger partial charge in [0.15, 0.2) is 6.61 Å². The van der Waals surface area contributed by atoms with Crippen molar-refractivity contribution in [3.63, 3.8) is 0 Å². The SMILES string of the molecule is CCO.CCc1ccc(OCC(=O)N2CCCC(c3nc4ccccc4[nH]3)C2)cc1. The topological polar surface area (TPSA) is 78.5 Å². The standard InChI is InChI=1S/C22H25N3O2.C2H6O/c1-2-16-9-11-18(12-10-16)27-15-21(26)25-13-5-6-17(14-25)22-23-19-7-3-4-8-20(19)24-22;1-2-3/h3-4,7-12,17H,2,5-6,13-15H2,1H3,(H,23,24);3H,2H2,1H3. The van der Waals surface area contributed by atoms with Gasteiger partial charge in [0.05, 0.1) is 11.0 Å². The molecule has 0 radical (unpaired) electrons. The summed E-state index contributed by atoms with van der Waals surface area (Å²) in [5.74, 6) is 2.01. The van der Waals surface area contributed by atoms with E-state index >= 15 is 0 Å². The van der Waals surface area contributed by atoms with E-state index in [1.807, 2.05) is 53.4 Å². The number of aryl methyl sites for hydroxylation is 1. The van der Waals surface area contributed by atoms with Crippen molar-refractivity contribution in [3.8, 4) is 5.75 Å². The number of aliphatic hydroxyl groups is 1. The molecule has 0 bridgehead atoms. The van der Waals surface area contributed by atoms with Crippen LogP contribution in [0.1, 0.15) is 44.0 Å². The first-order valence-electron chi connectivity index (χ1n) is 10.7. The monoisotopic (exact) mass is 409 g/mol. The molecule has 0 aliphatic carbocycles. The van der Waals surface area contributed by atoms with Gasteiger partial charge in [0, 0.05) is 25.6 Å². The average Bonchev–Trinajstić information content (AvgIpc) is 3.23. The number of fused-ring (bicyclic) bond motifs is 1. The van der Waals surface area contributed by atoms with Crippen LogP contribution in [0.4, 0.5) is 0 Å². The number of carbonyl (C=O) groups is 1. The number of hydrogen-bond donors (Lipinski definition) is 2. The van der Waals surface area contributed by atoms with Crippen LogP contribution in [0.3, 0.4) is 0 Å². The first-order valence-corrected chi connectivity index (χ1v) is 10.7. The van der Waals surface area contributed by atoms with Crippen molar-refractivity contribution in [2.75, 3.05) is 26.3 Å². The third kappa shape index (κ3) is 5.60. The second kappa shape index (κ2) is 10.8. The number of aliphatic hydroxyl groups excluding tert-OH is 1. The predicted octanol–water partition coefficient (Wildman–Crippen LogP) is 3.91. The summed E-state index contributed by atoms with van der Waals surface area (Å²) in [6.45, 7) is 5.61. The van der Waals surface area contributed by atoms with Gasteiger partial charge in [-0.2, -0.15) is 0 Å². The van der Waals surface area contributed by atoms with Crippen molar-refractivity contribution < 1.29 is 14.6 Å². The van der Waals surface area contributed by atoms with Gasteiger partial charge in [-0.1, -0.05) is 31.2 Å². The molecular weight excluding hydrogens is 378 g/mol. The lowest BCUT2D eigenvalue weighted by molar-refractivity contribution is -0.134. The maximum absolute atomic E-state index is 12.6. The van der Waals surface area contributed by atoms with Gasteiger partial charge in [0.2, 0.25) is 0 Å². The highest BCUT2D eigenvalue weighted by molar-refractivity contribution is 5.78. The van der Waals surface area contributed by atoms with E-state index in [0.29, 0.717) is 6.54 Å². The van der Waals surface area contributed by atoms with E-state index in [1.165, 1.54) is 5.56 Å². The molecule has 1 aliphatic heterocycles. The number of carbonyl (C=O) groups excluding carboxylic acids is 1. The number of hydrogen-bond acceptors (Lipinski definition) is 4. The molecule has 6 heteroatoms. The first-order chi connectivity index (χ1) is 14.6. The van der Waals surface area contributed by atoms with Crippen LogP contribution in [0.25, 0.3) is 11.0 Å². The van der Waals surface area contributed by atoms with E-state index in [1.54, 1.807) is 6.92 Å². The molecular formula is C24H31N3O3. The maximum atomic E-state index is 12.6. The summed E-state index contributed by atoms with van der Waals surface area (Å²) in [6.07, 6.45) is 3.03. The van der Waals surface area contributed by atoms with E-state index in [-0.39, 0.29) is 25.0 Å². The number of rotatable bonds is 5. The number of likely N-dealkylation sites (tertiary alicyclic amines) is 1. The summed E-state index contributed by atoms with van der Waals surface area (Å²) in [4.78, 5) is 22.6. The molecule has 160 valence electrons. The van der Waals surface area contributed by atoms with Crippen molar-refractivity contribution in [2.24, 2.45) is 0 Å². The van der Waals surface area contributed by atoms with Gasteiger partial charge in [-0.05, 0) is 56.0 Å². The number of para-hydroxylation sites is 2. The summed E-state index contributed by atoms with van der Waals surface area (Å²) < 4.78 is 5.69. The number of H-pyrrole nitrogens is 1. The van der Waals surface area contributed by atoms with E-state index in [9.17, 15) is 4.79 Å². The Morgan fingerprint density at radius 1 is 1.20 bits per heavy atom. The highest BCUT2D eigenvalue weighted by atomic mass is 16.5. The van der Waals surface area contributed by atoms with Crippen LogP contribution in [0.5, 0.6) is 5.75 Å². The van der Waals surface area contributed by atoms with E-state index in [4.69, 9.17) is 14.8 Å². The molecule has 3 aromatic rings. The molecule has 6 nitrogen and oxygen atoms in total. The van der Waals surface area contributed by atoms with E-state index in [2.05, 4.69) is 11.9 Å². The Morgan fingerprint density at radius 3 is 2.63 bits per heavy atom. The quantitative estimate of drug-likeness (QED) is 0.670. The second-order valence-electron chi connectivity index (χ2n) is 7.42. The molecule has 1 amide bonds. The normalized spacial score (nSPS) is 16.1. The zero-order valence-electron chi connectivity index (χ0n) is 17.8. The number of ether oxygens (including phenoxy) is 1.